The Morgan fingerprint density at radius 1 is 1.14 bits per heavy atom. The third-order valence-corrected chi connectivity index (χ3v) is 4.24. The van der Waals surface area contributed by atoms with Crippen LogP contribution < -0.4 is 5.32 Å². The highest BCUT2D eigenvalue weighted by molar-refractivity contribution is 5.31. The van der Waals surface area contributed by atoms with Crippen LogP contribution in [0.15, 0.2) is 36.4 Å². The first kappa shape index (κ1) is 14.3. The van der Waals surface area contributed by atoms with Gasteiger partial charge in [0.2, 0.25) is 0 Å². The van der Waals surface area contributed by atoms with E-state index in [1.54, 1.807) is 0 Å². The summed E-state index contributed by atoms with van der Waals surface area (Å²) in [7, 11) is 0. The van der Waals surface area contributed by atoms with E-state index in [0.29, 0.717) is 5.92 Å². The first-order chi connectivity index (χ1) is 10.2. The molecule has 1 aromatic carbocycles. The number of nitrogens with one attached hydrogen (secondary N) is 1. The summed E-state index contributed by atoms with van der Waals surface area (Å²) >= 11 is 0. The van der Waals surface area contributed by atoms with Crippen molar-refractivity contribution in [2.24, 2.45) is 0 Å². The molecule has 2 heterocycles. The van der Waals surface area contributed by atoms with E-state index in [-0.39, 0.29) is 0 Å². The van der Waals surface area contributed by atoms with Crippen molar-refractivity contribution < 1.29 is 0 Å². The lowest BCUT2D eigenvalue weighted by Gasteiger charge is -2.23. The number of rotatable bonds is 3. The summed E-state index contributed by atoms with van der Waals surface area (Å²) in [6, 6.07) is 13.3. The van der Waals surface area contributed by atoms with Crippen molar-refractivity contribution in [2.75, 3.05) is 13.1 Å². The van der Waals surface area contributed by atoms with Gasteiger partial charge in [-0.25, -0.2) is 0 Å². The number of nitrogens with zero attached hydrogens (tertiary/aromatic N) is 1. The maximum atomic E-state index is 4.78. The van der Waals surface area contributed by atoms with Crippen LogP contribution in [-0.2, 0) is 6.42 Å². The summed E-state index contributed by atoms with van der Waals surface area (Å²) in [5.41, 5.74) is 6.50. The number of aromatic nitrogens is 1. The highest BCUT2D eigenvalue weighted by atomic mass is 14.9. The summed E-state index contributed by atoms with van der Waals surface area (Å²) in [6.45, 7) is 6.48. The third-order valence-electron chi connectivity index (χ3n) is 4.24. The molecule has 1 aliphatic rings. The average molecular weight is 280 g/mol. The molecule has 0 aliphatic carbocycles. The smallest absolute Gasteiger partial charge is 0.0453 e. The lowest BCUT2D eigenvalue weighted by atomic mass is 9.93. The van der Waals surface area contributed by atoms with Gasteiger partial charge in [-0.05, 0) is 62.9 Å². The van der Waals surface area contributed by atoms with Crippen molar-refractivity contribution in [3.63, 3.8) is 0 Å². The first-order valence-corrected chi connectivity index (χ1v) is 7.94. The van der Waals surface area contributed by atoms with Gasteiger partial charge in [-0.1, -0.05) is 29.8 Å². The normalized spacial score (nSPS) is 18.7. The lowest BCUT2D eigenvalue weighted by molar-refractivity contribution is 0.454. The molecule has 0 unspecified atom stereocenters. The molecule has 1 atom stereocenters. The van der Waals surface area contributed by atoms with Crippen molar-refractivity contribution in [3.8, 4) is 0 Å². The molecule has 1 fully saturated rings. The van der Waals surface area contributed by atoms with Crippen LogP contribution in [0.1, 0.15) is 46.8 Å². The largest absolute Gasteiger partial charge is 0.316 e. The van der Waals surface area contributed by atoms with E-state index < -0.39 is 0 Å². The number of piperidine rings is 1. The molecule has 0 bridgehead atoms. The van der Waals surface area contributed by atoms with Crippen LogP contribution in [0, 0.1) is 13.8 Å². The van der Waals surface area contributed by atoms with Crippen molar-refractivity contribution >= 4 is 0 Å². The molecule has 0 radical (unpaired) electrons. The third kappa shape index (κ3) is 3.70. The Bertz CT molecular complexity index is 613. The van der Waals surface area contributed by atoms with Gasteiger partial charge in [0.05, 0.1) is 0 Å². The van der Waals surface area contributed by atoms with Gasteiger partial charge in [0.15, 0.2) is 0 Å². The Labute approximate surface area is 127 Å². The number of pyridine rings is 1. The van der Waals surface area contributed by atoms with Gasteiger partial charge in [-0.3, -0.25) is 4.98 Å². The van der Waals surface area contributed by atoms with E-state index in [1.807, 2.05) is 0 Å². The minimum absolute atomic E-state index is 0.579. The van der Waals surface area contributed by atoms with Gasteiger partial charge in [0, 0.05) is 23.9 Å². The second-order valence-corrected chi connectivity index (χ2v) is 6.25. The Kier molecular flexibility index (Phi) is 4.35. The molecule has 1 N–H and O–H groups in total. The van der Waals surface area contributed by atoms with Crippen molar-refractivity contribution in [2.45, 2.75) is 39.0 Å². The standard InChI is InChI=1S/C19H24N2/c1-14-5-3-6-16(9-14)11-17-10-15(2)21-19(12-17)18-7-4-8-20-13-18/h3,5-6,9-10,12,18,20H,4,7-8,11,13H2,1-2H3/t18-/m0/s1. The minimum Gasteiger partial charge on any atom is -0.316 e. The highest BCUT2D eigenvalue weighted by Crippen LogP contribution is 2.24. The predicted molar refractivity (Wildman–Crippen MR) is 87.8 cm³/mol. The van der Waals surface area contributed by atoms with E-state index >= 15 is 0 Å². The Hall–Kier alpha value is -1.67. The van der Waals surface area contributed by atoms with E-state index in [0.717, 1.165) is 25.2 Å². The van der Waals surface area contributed by atoms with Crippen LogP contribution in [0.25, 0.3) is 0 Å². The molecule has 0 saturated carbocycles. The van der Waals surface area contributed by atoms with Gasteiger partial charge in [-0.15, -0.1) is 0 Å². The van der Waals surface area contributed by atoms with Gasteiger partial charge in [-0.2, -0.15) is 0 Å². The van der Waals surface area contributed by atoms with Crippen molar-refractivity contribution in [1.29, 1.82) is 0 Å². The van der Waals surface area contributed by atoms with Crippen LogP contribution in [-0.4, -0.2) is 18.1 Å². The van der Waals surface area contributed by atoms with Gasteiger partial charge in [0.25, 0.3) is 0 Å². The van der Waals surface area contributed by atoms with E-state index in [4.69, 9.17) is 4.98 Å². The van der Waals surface area contributed by atoms with Gasteiger partial charge >= 0.3 is 0 Å². The molecule has 1 aromatic heterocycles. The second kappa shape index (κ2) is 6.40. The molecular formula is C19H24N2. The molecule has 2 aromatic rings. The Morgan fingerprint density at radius 2 is 2.05 bits per heavy atom. The minimum atomic E-state index is 0.579. The highest BCUT2D eigenvalue weighted by Gasteiger charge is 2.17. The molecule has 0 spiro atoms. The number of aryl methyl sites for hydroxylation is 2. The maximum absolute atomic E-state index is 4.78. The fraction of sp³-hybridized carbons (Fsp3) is 0.421. The fourth-order valence-corrected chi connectivity index (χ4v) is 3.24. The molecule has 2 nitrogen and oxygen atoms in total. The average Bonchev–Trinajstić information content (AvgIpc) is 2.47. The maximum Gasteiger partial charge on any atom is 0.0453 e. The number of hydrogen-bond acceptors (Lipinski definition) is 2. The van der Waals surface area contributed by atoms with E-state index in [9.17, 15) is 0 Å². The summed E-state index contributed by atoms with van der Waals surface area (Å²) in [4.78, 5) is 4.78. The number of hydrogen-bond donors (Lipinski definition) is 1. The fourth-order valence-electron chi connectivity index (χ4n) is 3.24. The zero-order valence-corrected chi connectivity index (χ0v) is 13.0. The number of benzene rings is 1. The Morgan fingerprint density at radius 3 is 2.81 bits per heavy atom. The quantitative estimate of drug-likeness (QED) is 0.926. The molecular weight excluding hydrogens is 256 g/mol. The van der Waals surface area contributed by atoms with Gasteiger partial charge < -0.3 is 5.32 Å². The molecule has 1 saturated heterocycles. The van der Waals surface area contributed by atoms with Crippen molar-refractivity contribution in [3.05, 3.63) is 64.5 Å². The molecule has 21 heavy (non-hydrogen) atoms. The van der Waals surface area contributed by atoms with Crippen LogP contribution in [0.2, 0.25) is 0 Å². The summed E-state index contributed by atoms with van der Waals surface area (Å²) < 4.78 is 0. The zero-order valence-electron chi connectivity index (χ0n) is 13.0. The zero-order chi connectivity index (χ0) is 14.7. The molecule has 0 amide bonds. The second-order valence-electron chi connectivity index (χ2n) is 6.25. The van der Waals surface area contributed by atoms with Crippen LogP contribution in [0.5, 0.6) is 0 Å². The van der Waals surface area contributed by atoms with Crippen LogP contribution >= 0.6 is 0 Å². The molecule has 1 aliphatic heterocycles. The summed E-state index contributed by atoms with van der Waals surface area (Å²) in [5, 5.41) is 3.49. The van der Waals surface area contributed by atoms with E-state index in [2.05, 4.69) is 55.6 Å². The first-order valence-electron chi connectivity index (χ1n) is 7.94. The lowest BCUT2D eigenvalue weighted by Crippen LogP contribution is -2.29. The topological polar surface area (TPSA) is 24.9 Å². The molecule has 110 valence electrons. The predicted octanol–water partition coefficient (Wildman–Crippen LogP) is 3.76. The monoisotopic (exact) mass is 280 g/mol. The van der Waals surface area contributed by atoms with Crippen molar-refractivity contribution in [1.82, 2.24) is 10.3 Å². The summed E-state index contributed by atoms with van der Waals surface area (Å²) in [6.07, 6.45) is 3.51. The van der Waals surface area contributed by atoms with E-state index in [1.165, 1.54) is 35.2 Å². The Balaban J connectivity index is 1.83. The van der Waals surface area contributed by atoms with Crippen LogP contribution in [0.4, 0.5) is 0 Å². The van der Waals surface area contributed by atoms with Gasteiger partial charge in [0.1, 0.15) is 0 Å². The molecule has 3 rings (SSSR count). The SMILES string of the molecule is Cc1cccc(Cc2cc(C)nc([C@H]3CCCNC3)c2)c1. The van der Waals surface area contributed by atoms with Crippen LogP contribution in [0.3, 0.4) is 0 Å². The summed E-state index contributed by atoms with van der Waals surface area (Å²) in [5.74, 6) is 0.579. The molecule has 2 heteroatoms.